The van der Waals surface area contributed by atoms with E-state index in [0.29, 0.717) is 24.7 Å². The fourth-order valence-electron chi connectivity index (χ4n) is 4.06. The van der Waals surface area contributed by atoms with E-state index in [0.717, 1.165) is 69.1 Å². The summed E-state index contributed by atoms with van der Waals surface area (Å²) >= 11 is 0. The van der Waals surface area contributed by atoms with Gasteiger partial charge in [-0.2, -0.15) is 0 Å². The molecule has 0 spiro atoms. The Kier molecular flexibility index (Phi) is 5.24. The zero-order valence-electron chi connectivity index (χ0n) is 16.2. The molecule has 2 aliphatic rings. The molecule has 0 saturated carbocycles. The molecule has 0 aliphatic carbocycles. The molecule has 2 aliphatic heterocycles. The Morgan fingerprint density at radius 3 is 2.78 bits per heavy atom. The molecule has 8 nitrogen and oxygen atoms in total. The summed E-state index contributed by atoms with van der Waals surface area (Å²) in [6.45, 7) is 6.32. The molecular formula is C19H28N6O2. The number of aryl methyl sites for hydroxylation is 1. The first-order valence-corrected chi connectivity index (χ1v) is 10.0. The van der Waals surface area contributed by atoms with Gasteiger partial charge in [-0.1, -0.05) is 12.1 Å². The molecule has 1 fully saturated rings. The summed E-state index contributed by atoms with van der Waals surface area (Å²) in [4.78, 5) is 17.0. The third-order valence-corrected chi connectivity index (χ3v) is 5.70. The number of piperidine rings is 1. The van der Waals surface area contributed by atoms with Gasteiger partial charge in [0.25, 0.3) is 5.91 Å². The summed E-state index contributed by atoms with van der Waals surface area (Å²) in [6.07, 6.45) is 4.75. The van der Waals surface area contributed by atoms with Crippen LogP contribution in [-0.2, 0) is 19.4 Å². The number of amides is 1. The Bertz CT molecular complexity index is 790. The smallest absolute Gasteiger partial charge is 0.276 e. The molecule has 0 radical (unpaired) electrons. The van der Waals surface area contributed by atoms with Gasteiger partial charge >= 0.3 is 0 Å². The van der Waals surface area contributed by atoms with E-state index in [1.165, 1.54) is 0 Å². The second-order valence-corrected chi connectivity index (χ2v) is 7.67. The standard InChI is InChI=1S/C19H28N6O2/c1-3-4-15-13-16(22-27-15)19(26)24-10-7-17-20-21-18(25(17)12-11-24)14-5-8-23(2)9-6-14/h13-14H,3-12H2,1-2H3. The fourth-order valence-corrected chi connectivity index (χ4v) is 4.06. The summed E-state index contributed by atoms with van der Waals surface area (Å²) in [7, 11) is 2.17. The highest BCUT2D eigenvalue weighted by atomic mass is 16.5. The first-order chi connectivity index (χ1) is 13.2. The van der Waals surface area contributed by atoms with Crippen LogP contribution in [0.3, 0.4) is 0 Å². The summed E-state index contributed by atoms with van der Waals surface area (Å²) < 4.78 is 7.52. The molecule has 8 heteroatoms. The van der Waals surface area contributed by atoms with Crippen molar-refractivity contribution in [3.8, 4) is 0 Å². The fraction of sp³-hybridized carbons (Fsp3) is 0.684. The summed E-state index contributed by atoms with van der Waals surface area (Å²) in [5.41, 5.74) is 0.409. The zero-order chi connectivity index (χ0) is 18.8. The van der Waals surface area contributed by atoms with Crippen LogP contribution in [0.1, 0.15) is 60.0 Å². The monoisotopic (exact) mass is 372 g/mol. The molecule has 1 saturated heterocycles. The van der Waals surface area contributed by atoms with Crippen molar-refractivity contribution in [2.24, 2.45) is 0 Å². The number of fused-ring (bicyclic) bond motifs is 1. The molecule has 1 amide bonds. The minimum absolute atomic E-state index is 0.0549. The molecule has 4 heterocycles. The maximum atomic E-state index is 12.8. The van der Waals surface area contributed by atoms with E-state index in [9.17, 15) is 4.79 Å². The van der Waals surface area contributed by atoms with Crippen LogP contribution >= 0.6 is 0 Å². The van der Waals surface area contributed by atoms with Crippen molar-refractivity contribution in [1.82, 2.24) is 29.7 Å². The van der Waals surface area contributed by atoms with Crippen molar-refractivity contribution in [1.29, 1.82) is 0 Å². The topological polar surface area (TPSA) is 80.3 Å². The molecule has 146 valence electrons. The lowest BCUT2D eigenvalue weighted by Gasteiger charge is -2.28. The van der Waals surface area contributed by atoms with Crippen LogP contribution < -0.4 is 0 Å². The Hall–Kier alpha value is -2.22. The van der Waals surface area contributed by atoms with Crippen LogP contribution in [0.25, 0.3) is 0 Å². The quantitative estimate of drug-likeness (QED) is 0.813. The lowest BCUT2D eigenvalue weighted by atomic mass is 9.96. The van der Waals surface area contributed by atoms with Crippen LogP contribution in [0.15, 0.2) is 10.6 Å². The number of aromatic nitrogens is 4. The lowest BCUT2D eigenvalue weighted by molar-refractivity contribution is 0.0748. The van der Waals surface area contributed by atoms with Crippen LogP contribution in [-0.4, -0.2) is 68.9 Å². The van der Waals surface area contributed by atoms with Crippen LogP contribution in [0.2, 0.25) is 0 Å². The van der Waals surface area contributed by atoms with Gasteiger partial charge in [-0.3, -0.25) is 4.79 Å². The Morgan fingerprint density at radius 2 is 2.00 bits per heavy atom. The van der Waals surface area contributed by atoms with Gasteiger partial charge in [-0.15, -0.1) is 10.2 Å². The van der Waals surface area contributed by atoms with E-state index in [2.05, 4.69) is 38.8 Å². The lowest BCUT2D eigenvalue weighted by Crippen LogP contribution is -2.34. The average molecular weight is 372 g/mol. The SMILES string of the molecule is CCCc1cc(C(=O)N2CCc3nnc(C4CCN(C)CC4)n3CC2)no1. The zero-order valence-corrected chi connectivity index (χ0v) is 16.2. The first kappa shape index (κ1) is 18.2. The van der Waals surface area contributed by atoms with Gasteiger partial charge in [-0.25, -0.2) is 0 Å². The van der Waals surface area contributed by atoms with E-state index in [1.807, 2.05) is 4.90 Å². The molecule has 0 bridgehead atoms. The van der Waals surface area contributed by atoms with Crippen molar-refractivity contribution in [2.45, 2.75) is 51.5 Å². The van der Waals surface area contributed by atoms with Gasteiger partial charge in [0.2, 0.25) is 0 Å². The highest BCUT2D eigenvalue weighted by Crippen LogP contribution is 2.27. The van der Waals surface area contributed by atoms with Gasteiger partial charge in [0.05, 0.1) is 0 Å². The summed E-state index contributed by atoms with van der Waals surface area (Å²) in [6, 6.07) is 1.78. The molecule has 0 N–H and O–H groups in total. The third kappa shape index (κ3) is 3.76. The average Bonchev–Trinajstić information content (AvgIpc) is 3.24. The highest BCUT2D eigenvalue weighted by molar-refractivity contribution is 5.92. The number of carbonyl (C=O) groups excluding carboxylic acids is 1. The Morgan fingerprint density at radius 1 is 1.19 bits per heavy atom. The maximum absolute atomic E-state index is 12.8. The Labute approximate surface area is 159 Å². The van der Waals surface area contributed by atoms with Crippen molar-refractivity contribution < 1.29 is 9.32 Å². The van der Waals surface area contributed by atoms with Gasteiger partial charge < -0.3 is 18.9 Å². The maximum Gasteiger partial charge on any atom is 0.276 e. The van der Waals surface area contributed by atoms with Crippen molar-refractivity contribution in [3.63, 3.8) is 0 Å². The van der Waals surface area contributed by atoms with Crippen LogP contribution in [0.5, 0.6) is 0 Å². The third-order valence-electron chi connectivity index (χ3n) is 5.70. The minimum atomic E-state index is -0.0549. The minimum Gasteiger partial charge on any atom is -0.361 e. The molecule has 2 aromatic rings. The largest absolute Gasteiger partial charge is 0.361 e. The van der Waals surface area contributed by atoms with E-state index in [-0.39, 0.29) is 5.91 Å². The number of hydrogen-bond acceptors (Lipinski definition) is 6. The van der Waals surface area contributed by atoms with Crippen LogP contribution in [0.4, 0.5) is 0 Å². The number of rotatable bonds is 4. The number of likely N-dealkylation sites (tertiary alicyclic amines) is 1. The van der Waals surface area contributed by atoms with E-state index in [1.54, 1.807) is 6.07 Å². The molecular weight excluding hydrogens is 344 g/mol. The number of carbonyl (C=O) groups is 1. The van der Waals surface area contributed by atoms with Gasteiger partial charge in [-0.05, 0) is 39.4 Å². The van der Waals surface area contributed by atoms with E-state index in [4.69, 9.17) is 4.52 Å². The van der Waals surface area contributed by atoms with Gasteiger partial charge in [0.1, 0.15) is 17.4 Å². The van der Waals surface area contributed by atoms with E-state index >= 15 is 0 Å². The molecule has 0 atom stereocenters. The first-order valence-electron chi connectivity index (χ1n) is 10.0. The van der Waals surface area contributed by atoms with Gasteiger partial charge in [0, 0.05) is 44.5 Å². The second kappa shape index (κ2) is 7.80. The Balaban J connectivity index is 1.44. The van der Waals surface area contributed by atoms with Crippen LogP contribution in [0, 0.1) is 0 Å². The molecule has 0 aromatic carbocycles. The molecule has 4 rings (SSSR count). The highest BCUT2D eigenvalue weighted by Gasteiger charge is 2.28. The predicted octanol–water partition coefficient (Wildman–Crippen LogP) is 1.73. The number of hydrogen-bond donors (Lipinski definition) is 0. The normalized spacial score (nSPS) is 19.1. The molecule has 2 aromatic heterocycles. The van der Waals surface area contributed by atoms with Crippen molar-refractivity contribution in [2.75, 3.05) is 33.2 Å². The van der Waals surface area contributed by atoms with E-state index < -0.39 is 0 Å². The summed E-state index contributed by atoms with van der Waals surface area (Å²) in [5.74, 6) is 3.28. The molecule has 0 unspecified atom stereocenters. The second-order valence-electron chi connectivity index (χ2n) is 7.67. The van der Waals surface area contributed by atoms with Crippen molar-refractivity contribution >= 4 is 5.91 Å². The predicted molar refractivity (Wildman–Crippen MR) is 99.6 cm³/mol. The molecule has 27 heavy (non-hydrogen) atoms. The number of nitrogens with zero attached hydrogens (tertiary/aromatic N) is 6. The van der Waals surface area contributed by atoms with Gasteiger partial charge in [0.15, 0.2) is 5.69 Å². The van der Waals surface area contributed by atoms with Crippen molar-refractivity contribution in [3.05, 3.63) is 29.2 Å². The summed E-state index contributed by atoms with van der Waals surface area (Å²) in [5, 5.41) is 12.9.